The summed E-state index contributed by atoms with van der Waals surface area (Å²) in [7, 11) is -9.20. The van der Waals surface area contributed by atoms with Gasteiger partial charge in [0.15, 0.2) is 18.5 Å². The van der Waals surface area contributed by atoms with Gasteiger partial charge >= 0.3 is 27.9 Å². The third kappa shape index (κ3) is 6.73. The maximum Gasteiger partial charge on any atom is 0.413 e. The number of hydrogen-bond donors (Lipinski definition) is 0. The van der Waals surface area contributed by atoms with Gasteiger partial charge in [0.05, 0.1) is 18.1 Å². The molecule has 0 amide bonds. The summed E-state index contributed by atoms with van der Waals surface area (Å²) in [6.45, 7) is 1.50. The predicted molar refractivity (Wildman–Crippen MR) is 81.5 cm³/mol. The van der Waals surface area contributed by atoms with Crippen LogP contribution in [-0.2, 0) is 12.3 Å². The molecular formula is C12H18F9O3Si3. The van der Waals surface area contributed by atoms with Crippen LogP contribution in [0.15, 0.2) is 0 Å². The molecule has 0 aromatic rings. The first-order valence-electron chi connectivity index (χ1n) is 7.73. The largest absolute Gasteiger partial charge is 0.414 e. The van der Waals surface area contributed by atoms with Crippen molar-refractivity contribution in [2.24, 2.45) is 0 Å². The Hall–Kier alpha value is -0.0994. The molecule has 0 saturated carbocycles. The zero-order valence-corrected chi connectivity index (χ0v) is 17.5. The van der Waals surface area contributed by atoms with Crippen LogP contribution in [0.2, 0.25) is 18.1 Å². The van der Waals surface area contributed by atoms with E-state index in [0.29, 0.717) is 20.8 Å². The van der Waals surface area contributed by atoms with Gasteiger partial charge in [-0.3, -0.25) is 0 Å². The first-order chi connectivity index (χ1) is 12.0. The molecule has 1 rings (SSSR count). The molecule has 0 aliphatic carbocycles. The Morgan fingerprint density at radius 3 is 1.59 bits per heavy atom. The zero-order chi connectivity index (χ0) is 21.3. The van der Waals surface area contributed by atoms with Crippen molar-refractivity contribution in [1.29, 1.82) is 0 Å². The second-order valence-electron chi connectivity index (χ2n) is 6.33. The Morgan fingerprint density at radius 2 is 1.22 bits per heavy atom. The maximum atomic E-state index is 13.9. The molecule has 159 valence electrons. The lowest BCUT2D eigenvalue weighted by atomic mass is 10.3. The number of rotatable bonds is 9. The van der Waals surface area contributed by atoms with E-state index in [4.69, 9.17) is 12.3 Å². The van der Waals surface area contributed by atoms with Crippen molar-refractivity contribution in [3.05, 3.63) is 0 Å². The molecule has 0 aromatic heterocycles. The Labute approximate surface area is 155 Å². The van der Waals surface area contributed by atoms with E-state index in [-0.39, 0.29) is 0 Å². The molecule has 0 aromatic carbocycles. The van der Waals surface area contributed by atoms with Crippen molar-refractivity contribution >= 4 is 27.9 Å². The fraction of sp³-hybridized carbons (Fsp3) is 1.00. The molecule has 1 aliphatic heterocycles. The highest BCUT2D eigenvalue weighted by Gasteiger charge is 2.60. The van der Waals surface area contributed by atoms with Crippen LogP contribution in [0.4, 0.5) is 39.5 Å². The van der Waals surface area contributed by atoms with Crippen LogP contribution in [0, 0.1) is 0 Å². The van der Waals surface area contributed by atoms with Crippen LogP contribution < -0.4 is 0 Å². The summed E-state index contributed by atoms with van der Waals surface area (Å²) in [6.07, 6.45) is -8.19. The highest BCUT2D eigenvalue weighted by atomic mass is 28.5. The minimum Gasteiger partial charge on any atom is -0.414 e. The molecule has 3 radical (unpaired) electrons. The van der Waals surface area contributed by atoms with Gasteiger partial charge < -0.3 is 12.3 Å². The number of hydrogen-bond acceptors (Lipinski definition) is 3. The van der Waals surface area contributed by atoms with E-state index in [9.17, 15) is 39.5 Å². The fourth-order valence-electron chi connectivity index (χ4n) is 2.00. The Kier molecular flexibility index (Phi) is 8.06. The molecule has 1 aliphatic rings. The smallest absolute Gasteiger partial charge is 0.413 e. The molecule has 0 N–H and O–H groups in total. The third-order valence-electron chi connectivity index (χ3n) is 3.82. The summed E-state index contributed by atoms with van der Waals surface area (Å²) < 4.78 is 137. The summed E-state index contributed by atoms with van der Waals surface area (Å²) in [4.78, 5) is 0. The van der Waals surface area contributed by atoms with Gasteiger partial charge in [-0.15, -0.1) is 0 Å². The lowest BCUT2D eigenvalue weighted by Crippen LogP contribution is -2.61. The van der Waals surface area contributed by atoms with E-state index in [1.54, 1.807) is 0 Å². The lowest BCUT2D eigenvalue weighted by Gasteiger charge is -2.41. The Bertz CT molecular complexity index is 472. The highest BCUT2D eigenvalue weighted by Crippen LogP contribution is 2.42. The van der Waals surface area contributed by atoms with E-state index < -0.39 is 82.3 Å². The second kappa shape index (κ2) is 8.73. The molecule has 1 heterocycles. The van der Waals surface area contributed by atoms with E-state index in [1.165, 1.54) is 0 Å². The monoisotopic (exact) mass is 465 g/mol. The van der Waals surface area contributed by atoms with Crippen LogP contribution in [0.1, 0.15) is 20.8 Å². The topological polar surface area (TPSA) is 27.7 Å². The predicted octanol–water partition coefficient (Wildman–Crippen LogP) is 4.49. The third-order valence-corrected chi connectivity index (χ3v) is 12.1. The quantitative estimate of drug-likeness (QED) is 0.371. The van der Waals surface area contributed by atoms with Gasteiger partial charge in [0.1, 0.15) is 0 Å². The van der Waals surface area contributed by atoms with Crippen LogP contribution in [-0.4, -0.2) is 64.1 Å². The average molecular weight is 466 g/mol. The SMILES string of the molecule is CC(F)C(F)(F)C[Si]1O[Si]O[Si](CC(F)(F)C(C)F)(CC(F)(F)C(C)F)O1. The molecule has 3 unspecified atom stereocenters. The van der Waals surface area contributed by atoms with Crippen LogP contribution in [0.5, 0.6) is 0 Å². The van der Waals surface area contributed by atoms with Gasteiger partial charge in [0.25, 0.3) is 17.8 Å². The molecule has 15 heteroatoms. The van der Waals surface area contributed by atoms with Gasteiger partial charge in [-0.2, -0.15) is 0 Å². The summed E-state index contributed by atoms with van der Waals surface area (Å²) in [5.74, 6) is -12.3. The normalized spacial score (nSPS) is 26.7. The van der Waals surface area contributed by atoms with E-state index >= 15 is 0 Å². The van der Waals surface area contributed by atoms with Gasteiger partial charge in [0.2, 0.25) is 0 Å². The van der Waals surface area contributed by atoms with Crippen molar-refractivity contribution in [2.75, 3.05) is 0 Å². The Morgan fingerprint density at radius 1 is 0.815 bits per heavy atom. The van der Waals surface area contributed by atoms with Gasteiger partial charge in [0, 0.05) is 0 Å². The standard InChI is InChI=1S/C12H18F9O3Si3/c1-7(13)10(16,17)4-26-22-25-23-27(24-26,5-11(18,19)8(2)14)6-12(20,21)9(3)15/h7-9H,4-6H2,1-3H3. The van der Waals surface area contributed by atoms with Crippen molar-refractivity contribution in [1.82, 2.24) is 0 Å². The zero-order valence-electron chi connectivity index (χ0n) is 14.5. The molecule has 3 nitrogen and oxygen atoms in total. The van der Waals surface area contributed by atoms with Crippen molar-refractivity contribution < 1.29 is 51.9 Å². The van der Waals surface area contributed by atoms with Gasteiger partial charge in [-0.05, 0) is 20.8 Å². The second-order valence-corrected chi connectivity index (χ2v) is 12.6. The molecule has 1 saturated heterocycles. The van der Waals surface area contributed by atoms with Crippen LogP contribution >= 0.6 is 0 Å². The van der Waals surface area contributed by atoms with Crippen LogP contribution in [0.25, 0.3) is 0 Å². The minimum atomic E-state index is -4.78. The summed E-state index contributed by atoms with van der Waals surface area (Å²) in [5, 5.41) is 0. The molecule has 27 heavy (non-hydrogen) atoms. The highest BCUT2D eigenvalue weighted by molar-refractivity contribution is 6.80. The first-order valence-corrected chi connectivity index (χ1v) is 12.3. The number of alkyl halides is 9. The van der Waals surface area contributed by atoms with E-state index in [1.807, 2.05) is 0 Å². The number of halogens is 9. The van der Waals surface area contributed by atoms with Crippen molar-refractivity contribution in [3.63, 3.8) is 0 Å². The average Bonchev–Trinajstić information content (AvgIpc) is 2.44. The van der Waals surface area contributed by atoms with E-state index in [0.717, 1.165) is 0 Å². The molecule has 1 fully saturated rings. The fourth-order valence-corrected chi connectivity index (χ4v) is 10.8. The summed E-state index contributed by atoms with van der Waals surface area (Å²) in [6, 6.07) is -4.63. The first kappa shape index (κ1) is 24.9. The minimum absolute atomic E-state index is 0.477. The van der Waals surface area contributed by atoms with Crippen LogP contribution in [0.3, 0.4) is 0 Å². The van der Waals surface area contributed by atoms with E-state index in [2.05, 4.69) is 0 Å². The molecule has 3 atom stereocenters. The lowest BCUT2D eigenvalue weighted by molar-refractivity contribution is -0.0669. The summed E-state index contributed by atoms with van der Waals surface area (Å²) in [5.41, 5.74) is 0. The van der Waals surface area contributed by atoms with Gasteiger partial charge in [-0.25, -0.2) is 39.5 Å². The van der Waals surface area contributed by atoms with Crippen molar-refractivity contribution in [2.45, 2.75) is 75.2 Å². The Balaban J connectivity index is 3.13. The summed E-state index contributed by atoms with van der Waals surface area (Å²) >= 11 is 0. The van der Waals surface area contributed by atoms with Crippen molar-refractivity contribution in [3.8, 4) is 0 Å². The maximum absolute atomic E-state index is 13.9. The molecule has 0 spiro atoms. The molecular weight excluding hydrogens is 447 g/mol. The van der Waals surface area contributed by atoms with Gasteiger partial charge in [-0.1, -0.05) is 0 Å². The molecule has 0 bridgehead atoms.